The Morgan fingerprint density at radius 2 is 1.49 bits per heavy atom. The fourth-order valence-electron chi connectivity index (χ4n) is 4.11. The van der Waals surface area contributed by atoms with Gasteiger partial charge in [-0.05, 0) is 55.3 Å². The van der Waals surface area contributed by atoms with E-state index < -0.39 is 32.2 Å². The van der Waals surface area contributed by atoms with Gasteiger partial charge in [0.05, 0.1) is 4.90 Å². The Bertz CT molecular complexity index is 1720. The quantitative estimate of drug-likeness (QED) is 0.275. The predicted octanol–water partition coefficient (Wildman–Crippen LogP) is 3.96. The molecule has 0 aromatic heterocycles. The molecule has 0 fully saturated rings. The summed E-state index contributed by atoms with van der Waals surface area (Å²) in [6, 6.07) is 20.7. The number of rotatable bonds is 10. The zero-order chi connectivity index (χ0) is 28.4. The summed E-state index contributed by atoms with van der Waals surface area (Å²) >= 11 is 0. The molecule has 0 saturated carbocycles. The lowest BCUT2D eigenvalue weighted by molar-refractivity contribution is -0.138. The fraction of sp³-hybridized carbons (Fsp3) is 0.179. The van der Waals surface area contributed by atoms with Crippen molar-refractivity contribution in [2.45, 2.75) is 29.2 Å². The Morgan fingerprint density at radius 1 is 0.872 bits per heavy atom. The molecule has 11 heteroatoms. The van der Waals surface area contributed by atoms with Gasteiger partial charge in [-0.25, -0.2) is 8.42 Å². The van der Waals surface area contributed by atoms with Crippen LogP contribution in [-0.2, 0) is 31.4 Å². The van der Waals surface area contributed by atoms with Gasteiger partial charge in [-0.15, -0.1) is 0 Å². The highest BCUT2D eigenvalue weighted by Gasteiger charge is 2.26. The minimum Gasteiger partial charge on any atom is -0.480 e. The first-order valence-corrected chi connectivity index (χ1v) is 14.8. The van der Waals surface area contributed by atoms with Crippen molar-refractivity contribution in [1.82, 2.24) is 4.72 Å². The molecule has 0 saturated heterocycles. The zero-order valence-electron chi connectivity index (χ0n) is 21.5. The molecule has 2 N–H and O–H groups in total. The van der Waals surface area contributed by atoms with E-state index in [1.165, 1.54) is 42.5 Å². The van der Waals surface area contributed by atoms with E-state index in [4.69, 9.17) is 4.18 Å². The first-order valence-electron chi connectivity index (χ1n) is 11.9. The van der Waals surface area contributed by atoms with Gasteiger partial charge < -0.3 is 14.2 Å². The number of aliphatic carboxylic acids is 1. The Kier molecular flexibility index (Phi) is 7.96. The molecule has 4 aromatic carbocycles. The van der Waals surface area contributed by atoms with Crippen molar-refractivity contribution < 1.29 is 30.9 Å². The Morgan fingerprint density at radius 3 is 2.10 bits per heavy atom. The first-order chi connectivity index (χ1) is 18.4. The molecule has 0 aliphatic rings. The molecule has 4 aromatic rings. The highest BCUT2D eigenvalue weighted by atomic mass is 32.2. The van der Waals surface area contributed by atoms with E-state index in [1.807, 2.05) is 38.1 Å². The Labute approximate surface area is 227 Å². The second-order valence-electron chi connectivity index (χ2n) is 9.23. The molecule has 0 unspecified atom stereocenters. The van der Waals surface area contributed by atoms with Crippen LogP contribution in [0.15, 0.2) is 94.7 Å². The van der Waals surface area contributed by atoms with Crippen molar-refractivity contribution >= 4 is 42.6 Å². The number of benzene rings is 4. The average molecular weight is 569 g/mol. The van der Waals surface area contributed by atoms with Crippen LogP contribution in [-0.4, -0.2) is 48.0 Å². The molecule has 0 aliphatic carbocycles. The highest BCUT2D eigenvalue weighted by Crippen LogP contribution is 2.31. The molecule has 0 spiro atoms. The number of hydrogen-bond acceptors (Lipinski definition) is 7. The molecule has 39 heavy (non-hydrogen) atoms. The first kappa shape index (κ1) is 28.1. The molecular formula is C28H28N2O7S2. The van der Waals surface area contributed by atoms with Crippen molar-refractivity contribution in [1.29, 1.82) is 0 Å². The van der Waals surface area contributed by atoms with Crippen LogP contribution >= 0.6 is 0 Å². The van der Waals surface area contributed by atoms with E-state index in [9.17, 15) is 26.7 Å². The molecule has 1 atom stereocenters. The van der Waals surface area contributed by atoms with E-state index in [1.54, 1.807) is 30.3 Å². The van der Waals surface area contributed by atoms with Crippen LogP contribution in [0.5, 0.6) is 5.75 Å². The minimum atomic E-state index is -4.19. The van der Waals surface area contributed by atoms with Crippen molar-refractivity contribution in [2.75, 3.05) is 19.0 Å². The molecule has 0 aliphatic heterocycles. The summed E-state index contributed by atoms with van der Waals surface area (Å²) in [6.45, 7) is 1.81. The van der Waals surface area contributed by atoms with Gasteiger partial charge >= 0.3 is 16.1 Å². The van der Waals surface area contributed by atoms with Crippen LogP contribution in [0.1, 0.15) is 11.1 Å². The largest absolute Gasteiger partial charge is 0.480 e. The topological polar surface area (TPSA) is 130 Å². The fourth-order valence-corrected chi connectivity index (χ4v) is 6.45. The van der Waals surface area contributed by atoms with Gasteiger partial charge in [-0.2, -0.15) is 13.1 Å². The van der Waals surface area contributed by atoms with Gasteiger partial charge in [0, 0.05) is 30.6 Å². The van der Waals surface area contributed by atoms with Gasteiger partial charge in [0.15, 0.2) is 0 Å². The normalized spacial score (nSPS) is 12.7. The number of carboxylic acid groups (broad SMARTS) is 1. The molecular weight excluding hydrogens is 540 g/mol. The number of hydrogen-bond donors (Lipinski definition) is 2. The van der Waals surface area contributed by atoms with Crippen LogP contribution in [0.2, 0.25) is 0 Å². The number of sulfonamides is 1. The number of nitrogens with one attached hydrogen (secondary N) is 1. The number of aryl methyl sites for hydroxylation is 1. The van der Waals surface area contributed by atoms with Gasteiger partial charge in [-0.1, -0.05) is 54.1 Å². The lowest BCUT2D eigenvalue weighted by Crippen LogP contribution is -2.42. The van der Waals surface area contributed by atoms with Crippen LogP contribution < -0.4 is 13.8 Å². The summed E-state index contributed by atoms with van der Waals surface area (Å²) in [5, 5.41) is 10.9. The standard InChI is InChI=1S/C28H28N2O7S2/c1-19-10-16-22(17-11-19)38(33,34)29-25(28(31)32)18-20-12-14-21(15-13-20)37-39(35,36)27-9-5-6-23-24(27)7-4-8-26(23)30(2)3/h4-17,25,29H,18H2,1-3H3,(H,31,32)/t25-/m0/s1. The second kappa shape index (κ2) is 11.0. The lowest BCUT2D eigenvalue weighted by Gasteiger charge is -2.17. The zero-order valence-corrected chi connectivity index (χ0v) is 23.2. The van der Waals surface area contributed by atoms with E-state index >= 15 is 0 Å². The third-order valence-electron chi connectivity index (χ3n) is 6.11. The van der Waals surface area contributed by atoms with Gasteiger partial charge in [0.1, 0.15) is 16.7 Å². The van der Waals surface area contributed by atoms with Gasteiger partial charge in [-0.3, -0.25) is 4.79 Å². The Balaban J connectivity index is 1.52. The molecule has 4 rings (SSSR count). The third-order valence-corrected chi connectivity index (χ3v) is 8.90. The number of fused-ring (bicyclic) bond motifs is 1. The van der Waals surface area contributed by atoms with Gasteiger partial charge in [0.2, 0.25) is 10.0 Å². The summed E-state index contributed by atoms with van der Waals surface area (Å²) < 4.78 is 59.3. The number of carbonyl (C=O) groups is 1. The summed E-state index contributed by atoms with van der Waals surface area (Å²) in [5.41, 5.74) is 2.20. The highest BCUT2D eigenvalue weighted by molar-refractivity contribution is 7.89. The number of anilines is 1. The van der Waals surface area contributed by atoms with E-state index in [0.717, 1.165) is 16.6 Å². The molecule has 204 valence electrons. The van der Waals surface area contributed by atoms with Crippen LogP contribution in [0, 0.1) is 6.92 Å². The monoisotopic (exact) mass is 568 g/mol. The molecule has 0 heterocycles. The maximum Gasteiger partial charge on any atom is 0.339 e. The second-order valence-corrected chi connectivity index (χ2v) is 12.5. The smallest absolute Gasteiger partial charge is 0.339 e. The molecule has 0 bridgehead atoms. The third kappa shape index (κ3) is 6.39. The van der Waals surface area contributed by atoms with E-state index in [2.05, 4.69) is 4.72 Å². The summed E-state index contributed by atoms with van der Waals surface area (Å²) in [5.74, 6) is -1.31. The number of carboxylic acids is 1. The van der Waals surface area contributed by atoms with Crippen molar-refractivity contribution in [3.8, 4) is 5.75 Å². The van der Waals surface area contributed by atoms with Crippen LogP contribution in [0.25, 0.3) is 10.8 Å². The lowest BCUT2D eigenvalue weighted by atomic mass is 10.1. The van der Waals surface area contributed by atoms with Crippen LogP contribution in [0.4, 0.5) is 5.69 Å². The molecule has 0 radical (unpaired) electrons. The van der Waals surface area contributed by atoms with Crippen molar-refractivity contribution in [3.05, 3.63) is 96.1 Å². The summed E-state index contributed by atoms with van der Waals surface area (Å²) in [6.07, 6.45) is -0.163. The molecule has 9 nitrogen and oxygen atoms in total. The maximum absolute atomic E-state index is 13.2. The van der Waals surface area contributed by atoms with Crippen molar-refractivity contribution in [2.24, 2.45) is 0 Å². The summed E-state index contributed by atoms with van der Waals surface area (Å²) in [7, 11) is -4.52. The minimum absolute atomic E-state index is 0.0178. The average Bonchev–Trinajstić information content (AvgIpc) is 2.88. The van der Waals surface area contributed by atoms with E-state index in [0.29, 0.717) is 10.9 Å². The predicted molar refractivity (Wildman–Crippen MR) is 149 cm³/mol. The number of nitrogens with zero attached hydrogens (tertiary/aromatic N) is 1. The molecule has 0 amide bonds. The SMILES string of the molecule is Cc1ccc(S(=O)(=O)N[C@@H](Cc2ccc(OS(=O)(=O)c3cccc4c(N(C)C)cccc34)cc2)C(=O)O)cc1. The maximum atomic E-state index is 13.2. The van der Waals surface area contributed by atoms with Gasteiger partial charge in [0.25, 0.3) is 0 Å². The summed E-state index contributed by atoms with van der Waals surface area (Å²) in [4.78, 5) is 13.7. The Hall–Kier alpha value is -3.93. The van der Waals surface area contributed by atoms with Crippen molar-refractivity contribution in [3.63, 3.8) is 0 Å². The van der Waals surface area contributed by atoms with E-state index in [-0.39, 0.29) is 22.0 Å². The van der Waals surface area contributed by atoms with Crippen LogP contribution in [0.3, 0.4) is 0 Å².